The number of aromatic carboxylic acids is 1. The number of fused-ring (bicyclic) bond motifs is 1. The van der Waals surface area contributed by atoms with Gasteiger partial charge in [0.25, 0.3) is 5.91 Å². The number of hydrogen-bond acceptors (Lipinski definition) is 5. The first kappa shape index (κ1) is 20.1. The Labute approximate surface area is 191 Å². The molecule has 0 atom stereocenters. The van der Waals surface area contributed by atoms with Crippen LogP contribution in [0.1, 0.15) is 21.5 Å². The van der Waals surface area contributed by atoms with Gasteiger partial charge in [-0.05, 0) is 35.9 Å². The molecule has 5 rings (SSSR count). The van der Waals surface area contributed by atoms with Crippen LogP contribution >= 0.6 is 22.9 Å². The van der Waals surface area contributed by atoms with Gasteiger partial charge in [-0.2, -0.15) is 0 Å². The monoisotopic (exact) mass is 459 g/mol. The fourth-order valence-corrected chi connectivity index (χ4v) is 4.55. The van der Waals surface area contributed by atoms with Crippen molar-refractivity contribution in [1.29, 1.82) is 0 Å². The van der Waals surface area contributed by atoms with Crippen LogP contribution in [0.15, 0.2) is 83.5 Å². The zero-order valence-electron chi connectivity index (χ0n) is 16.4. The Morgan fingerprint density at radius 2 is 1.78 bits per heavy atom. The number of amides is 1. The minimum absolute atomic E-state index is 0.164. The van der Waals surface area contributed by atoms with Crippen LogP contribution in [0.5, 0.6) is 0 Å². The lowest BCUT2D eigenvalue weighted by Crippen LogP contribution is -2.32. The number of carboxylic acids is 1. The van der Waals surface area contributed by atoms with Crippen molar-refractivity contribution in [3.05, 3.63) is 100 Å². The number of carbonyl (C=O) groups is 2. The summed E-state index contributed by atoms with van der Waals surface area (Å²) in [5.41, 5.74) is 2.46. The summed E-state index contributed by atoms with van der Waals surface area (Å²) in [6, 6.07) is 21.3. The average molecular weight is 460 g/mol. The summed E-state index contributed by atoms with van der Waals surface area (Å²) < 4.78 is 0.670. The molecule has 2 heterocycles. The van der Waals surface area contributed by atoms with Crippen LogP contribution in [0.2, 0.25) is 5.02 Å². The first-order chi connectivity index (χ1) is 15.5. The third-order valence-electron chi connectivity index (χ3n) is 4.91. The Hall–Kier alpha value is -3.81. The fourth-order valence-electron chi connectivity index (χ4n) is 3.36. The molecular weight excluding hydrogens is 446 g/mol. The zero-order chi connectivity index (χ0) is 22.2. The van der Waals surface area contributed by atoms with E-state index in [9.17, 15) is 14.7 Å². The van der Waals surface area contributed by atoms with Crippen LogP contribution in [0, 0.1) is 0 Å². The molecule has 0 radical (unpaired) electrons. The summed E-state index contributed by atoms with van der Waals surface area (Å²) in [6.07, 6.45) is 1.66. The van der Waals surface area contributed by atoms with Crippen LogP contribution in [0.3, 0.4) is 0 Å². The second kappa shape index (κ2) is 8.03. The Morgan fingerprint density at radius 1 is 1.03 bits per heavy atom. The highest BCUT2D eigenvalue weighted by Gasteiger charge is 2.34. The molecule has 4 aromatic rings. The molecule has 6 nitrogen and oxygen atoms in total. The maximum Gasteiger partial charge on any atom is 0.335 e. The first-order valence-corrected chi connectivity index (χ1v) is 10.8. The number of nitrogens with zero attached hydrogens (tertiary/aromatic N) is 3. The van der Waals surface area contributed by atoms with Gasteiger partial charge in [-0.15, -0.1) is 0 Å². The lowest BCUT2D eigenvalue weighted by molar-refractivity contribution is -0.113. The van der Waals surface area contributed by atoms with Crippen LogP contribution in [0.25, 0.3) is 16.3 Å². The van der Waals surface area contributed by atoms with Crippen molar-refractivity contribution in [2.75, 3.05) is 4.90 Å². The van der Waals surface area contributed by atoms with E-state index in [-0.39, 0.29) is 17.2 Å². The zero-order valence-corrected chi connectivity index (χ0v) is 18.0. The van der Waals surface area contributed by atoms with E-state index in [2.05, 4.69) is 9.98 Å². The molecule has 32 heavy (non-hydrogen) atoms. The van der Waals surface area contributed by atoms with Gasteiger partial charge in [0.2, 0.25) is 0 Å². The van der Waals surface area contributed by atoms with Crippen molar-refractivity contribution in [1.82, 2.24) is 4.98 Å². The Morgan fingerprint density at radius 3 is 2.53 bits per heavy atom. The predicted octanol–water partition coefficient (Wildman–Crippen LogP) is 5.48. The van der Waals surface area contributed by atoms with Crippen molar-refractivity contribution in [2.45, 2.75) is 0 Å². The van der Waals surface area contributed by atoms with E-state index in [1.165, 1.54) is 22.3 Å². The molecule has 0 aliphatic carbocycles. The number of halogens is 1. The number of aromatic nitrogens is 1. The quantitative estimate of drug-likeness (QED) is 0.409. The number of thiazole rings is 1. The van der Waals surface area contributed by atoms with Crippen LogP contribution in [-0.4, -0.2) is 27.8 Å². The predicted molar refractivity (Wildman–Crippen MR) is 126 cm³/mol. The molecule has 156 valence electrons. The maximum atomic E-state index is 13.4. The number of aliphatic imine (C=N–C) groups is 1. The number of anilines is 1. The van der Waals surface area contributed by atoms with Crippen molar-refractivity contribution in [2.24, 2.45) is 4.99 Å². The second-order valence-corrected chi connectivity index (χ2v) is 8.39. The summed E-state index contributed by atoms with van der Waals surface area (Å²) >= 11 is 7.51. The van der Waals surface area contributed by atoms with E-state index in [4.69, 9.17) is 11.6 Å². The van der Waals surface area contributed by atoms with Crippen LogP contribution in [0.4, 0.5) is 5.13 Å². The lowest BCUT2D eigenvalue weighted by Gasteiger charge is -2.14. The van der Waals surface area contributed by atoms with Gasteiger partial charge >= 0.3 is 5.97 Å². The van der Waals surface area contributed by atoms with E-state index >= 15 is 0 Å². The van der Waals surface area contributed by atoms with Gasteiger partial charge in [0.15, 0.2) is 5.13 Å². The first-order valence-electron chi connectivity index (χ1n) is 9.60. The van der Waals surface area contributed by atoms with Crippen molar-refractivity contribution >= 4 is 62.1 Å². The molecule has 1 aliphatic heterocycles. The summed E-state index contributed by atoms with van der Waals surface area (Å²) in [5, 5.41) is 10.2. The maximum absolute atomic E-state index is 13.4. The largest absolute Gasteiger partial charge is 0.478 e. The standard InChI is InChI=1S/C24H14ClN3O3S/c25-17-9-5-4-8-15(17)12-19-22(29)28(21(26-19)14-6-2-1-3-7-14)24-27-18-11-10-16(23(30)31)13-20(18)32-24/h1-13H,(H,30,31)/b19-12-. The number of hydrogen-bond donors (Lipinski definition) is 1. The number of rotatable bonds is 4. The SMILES string of the molecule is O=C(O)c1ccc2nc(N3C(=O)/C(=C/c4ccccc4Cl)N=C3c3ccccc3)sc2c1. The highest BCUT2D eigenvalue weighted by Crippen LogP contribution is 2.35. The minimum atomic E-state index is -1.02. The summed E-state index contributed by atoms with van der Waals surface area (Å²) in [6.45, 7) is 0. The number of carboxylic acid groups (broad SMARTS) is 1. The summed E-state index contributed by atoms with van der Waals surface area (Å²) in [7, 11) is 0. The second-order valence-electron chi connectivity index (χ2n) is 6.98. The third-order valence-corrected chi connectivity index (χ3v) is 6.25. The molecule has 1 aliphatic rings. The number of carbonyl (C=O) groups excluding carboxylic acids is 1. The van der Waals surface area contributed by atoms with Gasteiger partial charge in [-0.3, -0.25) is 4.79 Å². The molecule has 0 bridgehead atoms. The molecule has 0 fully saturated rings. The number of benzene rings is 3. The molecular formula is C24H14ClN3O3S. The minimum Gasteiger partial charge on any atom is -0.478 e. The molecule has 1 amide bonds. The topological polar surface area (TPSA) is 82.9 Å². The lowest BCUT2D eigenvalue weighted by atomic mass is 10.2. The Kier molecular flexibility index (Phi) is 5.05. The molecule has 0 spiro atoms. The van der Waals surface area contributed by atoms with E-state index in [0.717, 1.165) is 5.56 Å². The summed E-state index contributed by atoms with van der Waals surface area (Å²) in [5.74, 6) is -0.900. The smallest absolute Gasteiger partial charge is 0.335 e. The highest BCUT2D eigenvalue weighted by molar-refractivity contribution is 7.22. The highest BCUT2D eigenvalue weighted by atomic mass is 35.5. The Bertz CT molecular complexity index is 1440. The molecule has 3 aromatic carbocycles. The van der Waals surface area contributed by atoms with Crippen molar-refractivity contribution in [3.8, 4) is 0 Å². The van der Waals surface area contributed by atoms with Crippen molar-refractivity contribution < 1.29 is 14.7 Å². The average Bonchev–Trinajstić information content (AvgIpc) is 3.36. The van der Waals surface area contributed by atoms with Gasteiger partial charge < -0.3 is 5.11 Å². The summed E-state index contributed by atoms with van der Waals surface area (Å²) in [4.78, 5) is 35.4. The van der Waals surface area contributed by atoms with Gasteiger partial charge in [-0.25, -0.2) is 19.7 Å². The molecule has 0 unspecified atom stereocenters. The van der Waals surface area contributed by atoms with Crippen LogP contribution < -0.4 is 4.90 Å². The fraction of sp³-hybridized carbons (Fsp3) is 0. The van der Waals surface area contributed by atoms with Crippen molar-refractivity contribution in [3.63, 3.8) is 0 Å². The van der Waals surface area contributed by atoms with Gasteiger partial charge in [0.1, 0.15) is 11.5 Å². The third kappa shape index (κ3) is 3.57. The van der Waals surface area contributed by atoms with E-state index in [1.54, 1.807) is 24.3 Å². The normalized spacial score (nSPS) is 14.9. The van der Waals surface area contributed by atoms with E-state index in [0.29, 0.717) is 31.8 Å². The van der Waals surface area contributed by atoms with Crippen LogP contribution in [-0.2, 0) is 4.79 Å². The van der Waals surface area contributed by atoms with Gasteiger partial charge in [0.05, 0.1) is 15.8 Å². The van der Waals surface area contributed by atoms with E-state index in [1.807, 2.05) is 48.5 Å². The van der Waals surface area contributed by atoms with E-state index < -0.39 is 5.97 Å². The Balaban J connectivity index is 1.64. The molecule has 0 saturated heterocycles. The molecule has 0 saturated carbocycles. The molecule has 1 aromatic heterocycles. The van der Waals surface area contributed by atoms with Gasteiger partial charge in [-0.1, -0.05) is 71.5 Å². The molecule has 1 N–H and O–H groups in total. The van der Waals surface area contributed by atoms with Gasteiger partial charge in [0, 0.05) is 10.6 Å². The number of amidine groups is 1. The molecule has 8 heteroatoms.